The Labute approximate surface area is 119 Å². The van der Waals surface area contributed by atoms with Crippen molar-refractivity contribution in [1.29, 1.82) is 0 Å². The summed E-state index contributed by atoms with van der Waals surface area (Å²) in [5.74, 6) is -1.54. The molecule has 0 aromatic heterocycles. The summed E-state index contributed by atoms with van der Waals surface area (Å²) in [4.78, 5) is 9.58. The van der Waals surface area contributed by atoms with Gasteiger partial charge in [0.2, 0.25) is 0 Å². The number of aliphatic hydroxyl groups excluding tert-OH is 2. The van der Waals surface area contributed by atoms with Crippen LogP contribution in [0.5, 0.6) is 0 Å². The number of alkyl halides is 1. The van der Waals surface area contributed by atoms with E-state index in [1.54, 1.807) is 6.92 Å². The van der Waals surface area contributed by atoms with Gasteiger partial charge < -0.3 is 24.4 Å². The zero-order valence-corrected chi connectivity index (χ0v) is 12.7. The van der Waals surface area contributed by atoms with Gasteiger partial charge in [-0.25, -0.2) is 4.39 Å². The first-order valence-electron chi connectivity index (χ1n) is 6.47. The quantitative estimate of drug-likeness (QED) is 0.493. The Bertz CT molecular complexity index is 384. The summed E-state index contributed by atoms with van der Waals surface area (Å²) in [6.45, 7) is 4.38. The van der Waals surface area contributed by atoms with Crippen LogP contribution in [0.25, 0.3) is 0 Å². The maximum atomic E-state index is 13.4. The first kappa shape index (κ1) is 18.1. The molecule has 0 spiro atoms. The van der Waals surface area contributed by atoms with E-state index in [-0.39, 0.29) is 6.42 Å². The summed E-state index contributed by atoms with van der Waals surface area (Å²) in [6.07, 6.45) is -3.76. The van der Waals surface area contributed by atoms with E-state index in [1.165, 1.54) is 6.92 Å². The van der Waals surface area contributed by atoms with Crippen LogP contribution in [0, 0.1) is 0 Å². The number of hydrogen-bond donors (Lipinski definition) is 3. The number of halogens is 1. The van der Waals surface area contributed by atoms with Crippen molar-refractivity contribution in [3.8, 4) is 0 Å². The fraction of sp³-hybridized carbons (Fsp3) is 1.00. The lowest BCUT2D eigenvalue weighted by molar-refractivity contribution is -0.0382. The van der Waals surface area contributed by atoms with Gasteiger partial charge in [-0.3, -0.25) is 4.57 Å². The average molecular weight is 310 g/mol. The number of hydrogen-bond acceptors (Lipinski definition) is 5. The highest BCUT2D eigenvalue weighted by Gasteiger charge is 2.46. The maximum Gasteiger partial charge on any atom is 0.356 e. The van der Waals surface area contributed by atoms with Gasteiger partial charge in [0.05, 0.1) is 17.7 Å². The molecule has 1 saturated heterocycles. The molecular formula is C11H21BFO6P. The average Bonchev–Trinajstić information content (AvgIpc) is 2.56. The lowest BCUT2D eigenvalue weighted by atomic mass is 9.90. The highest BCUT2D eigenvalue weighted by atomic mass is 31.2. The molecule has 0 aliphatic carbocycles. The smallest absolute Gasteiger partial charge is 0.356 e. The van der Waals surface area contributed by atoms with Crippen LogP contribution in [0.3, 0.4) is 0 Å². The van der Waals surface area contributed by atoms with Crippen molar-refractivity contribution in [2.45, 2.75) is 69.4 Å². The fourth-order valence-electron chi connectivity index (χ4n) is 1.99. The summed E-state index contributed by atoms with van der Waals surface area (Å²) >= 11 is 0. The third-order valence-corrected chi connectivity index (χ3v) is 5.20. The Morgan fingerprint density at radius 1 is 1.60 bits per heavy atom. The topological polar surface area (TPSA) is 96.2 Å². The predicted octanol–water partition coefficient (Wildman–Crippen LogP) is 0.678. The molecule has 1 rings (SSSR count). The van der Waals surface area contributed by atoms with Crippen LogP contribution >= 0.6 is 7.60 Å². The molecule has 1 aliphatic heterocycles. The van der Waals surface area contributed by atoms with Crippen LogP contribution in [0.15, 0.2) is 0 Å². The van der Waals surface area contributed by atoms with Crippen LogP contribution in [0.2, 0.25) is 0 Å². The Balaban J connectivity index is 2.78. The molecular weight excluding hydrogens is 289 g/mol. The van der Waals surface area contributed by atoms with Crippen molar-refractivity contribution >= 4 is 15.4 Å². The third-order valence-electron chi connectivity index (χ3n) is 3.56. The van der Waals surface area contributed by atoms with E-state index in [0.717, 1.165) is 6.92 Å². The second-order valence-electron chi connectivity index (χ2n) is 5.37. The zero-order valence-electron chi connectivity index (χ0n) is 11.8. The number of rotatable bonds is 6. The molecule has 1 heterocycles. The normalized spacial score (nSPS) is 38.1. The fourth-order valence-corrected chi connectivity index (χ4v) is 2.98. The van der Waals surface area contributed by atoms with Crippen molar-refractivity contribution in [3.63, 3.8) is 0 Å². The summed E-state index contributed by atoms with van der Waals surface area (Å²) in [6, 6.07) is -1.23. The molecule has 7 atom stereocenters. The predicted molar refractivity (Wildman–Crippen MR) is 71.2 cm³/mol. The Morgan fingerprint density at radius 3 is 2.50 bits per heavy atom. The highest BCUT2D eigenvalue weighted by molar-refractivity contribution is 7.53. The van der Waals surface area contributed by atoms with Gasteiger partial charge in [-0.2, -0.15) is 0 Å². The minimum Gasteiger partial charge on any atom is -0.387 e. The van der Waals surface area contributed by atoms with Crippen molar-refractivity contribution in [2.24, 2.45) is 0 Å². The number of aliphatic hydroxyl groups is 2. The minimum atomic E-state index is -4.22. The van der Waals surface area contributed by atoms with Gasteiger partial charge in [0.25, 0.3) is 0 Å². The second-order valence-corrected chi connectivity index (χ2v) is 7.43. The van der Waals surface area contributed by atoms with Crippen molar-refractivity contribution in [3.05, 3.63) is 0 Å². The van der Waals surface area contributed by atoms with E-state index in [9.17, 15) is 24.1 Å². The summed E-state index contributed by atoms with van der Waals surface area (Å²) in [5, 5.41) is 18.9. The van der Waals surface area contributed by atoms with Crippen molar-refractivity contribution in [2.75, 3.05) is 0 Å². The van der Waals surface area contributed by atoms with E-state index >= 15 is 0 Å². The van der Waals surface area contributed by atoms with Gasteiger partial charge in [0.1, 0.15) is 20.1 Å². The van der Waals surface area contributed by atoms with E-state index < -0.39 is 43.4 Å². The molecule has 2 radical (unpaired) electrons. The molecule has 20 heavy (non-hydrogen) atoms. The number of ether oxygens (including phenoxy) is 1. The second kappa shape index (κ2) is 6.42. The lowest BCUT2D eigenvalue weighted by Crippen LogP contribution is -2.38. The minimum absolute atomic E-state index is 0.0178. The summed E-state index contributed by atoms with van der Waals surface area (Å²) in [5.41, 5.74) is -1.16. The van der Waals surface area contributed by atoms with Gasteiger partial charge in [0.15, 0.2) is 5.85 Å². The monoisotopic (exact) mass is 310 g/mol. The van der Waals surface area contributed by atoms with Crippen LogP contribution < -0.4 is 0 Å². The first-order valence-corrected chi connectivity index (χ1v) is 8.11. The van der Waals surface area contributed by atoms with Gasteiger partial charge in [-0.1, -0.05) is 6.92 Å². The molecule has 0 amide bonds. The van der Waals surface area contributed by atoms with Crippen molar-refractivity contribution < 1.29 is 33.3 Å². The molecule has 3 N–H and O–H groups in total. The molecule has 1 aliphatic rings. The zero-order chi connectivity index (χ0) is 15.7. The van der Waals surface area contributed by atoms with E-state index in [4.69, 9.17) is 17.1 Å². The van der Waals surface area contributed by atoms with E-state index in [0.29, 0.717) is 6.42 Å². The third kappa shape index (κ3) is 4.03. The molecule has 0 aromatic rings. The molecule has 0 aromatic carbocycles. The Morgan fingerprint density at radius 2 is 2.15 bits per heavy atom. The molecule has 0 saturated carbocycles. The SMILES string of the molecule is [B][C@@H]1O[C@H](CC(C)(CC)OP(=O)(O)C(C)O)[C@@H](O)[C@H]1F. The first-order chi connectivity index (χ1) is 9.02. The molecule has 0 bridgehead atoms. The molecule has 9 heteroatoms. The maximum absolute atomic E-state index is 13.4. The van der Waals surface area contributed by atoms with Gasteiger partial charge >= 0.3 is 7.60 Å². The lowest BCUT2D eigenvalue weighted by Gasteiger charge is -2.34. The largest absolute Gasteiger partial charge is 0.387 e. The Hall–Kier alpha value is 0.0249. The Kier molecular flexibility index (Phi) is 5.80. The highest BCUT2D eigenvalue weighted by Crippen LogP contribution is 2.51. The van der Waals surface area contributed by atoms with E-state index in [1.807, 2.05) is 0 Å². The van der Waals surface area contributed by atoms with Gasteiger partial charge in [-0.15, -0.1) is 0 Å². The van der Waals surface area contributed by atoms with Crippen molar-refractivity contribution in [1.82, 2.24) is 0 Å². The molecule has 6 nitrogen and oxygen atoms in total. The molecule has 3 unspecified atom stereocenters. The summed E-state index contributed by atoms with van der Waals surface area (Å²) < 4.78 is 35.4. The van der Waals surface area contributed by atoms with Crippen LogP contribution in [0.1, 0.15) is 33.6 Å². The van der Waals surface area contributed by atoms with Crippen LogP contribution in [-0.4, -0.2) is 58.8 Å². The summed E-state index contributed by atoms with van der Waals surface area (Å²) in [7, 11) is 1.14. The van der Waals surface area contributed by atoms with Crippen LogP contribution in [0.4, 0.5) is 4.39 Å². The van der Waals surface area contributed by atoms with Gasteiger partial charge in [-0.05, 0) is 20.3 Å². The van der Waals surface area contributed by atoms with E-state index in [2.05, 4.69) is 0 Å². The molecule has 1 fully saturated rings. The van der Waals surface area contributed by atoms with Gasteiger partial charge in [0, 0.05) is 6.42 Å². The van der Waals surface area contributed by atoms with Crippen LogP contribution in [-0.2, 0) is 13.8 Å². The standard InChI is InChI=1S/C11H21BFO6P/c1-4-11(3,19-20(16,17)6(2)14)5-7-9(15)8(13)10(12)18-7/h6-10,14-15H,4-5H2,1-3H3,(H,16,17)/t6?,7-,8-,9-,10-,11?/m1/s1. The molecule has 116 valence electrons.